The Balaban J connectivity index is 1.77. The maximum Gasteiger partial charge on any atom is 0.376 e. The van der Waals surface area contributed by atoms with E-state index in [4.69, 9.17) is 0 Å². The van der Waals surface area contributed by atoms with Crippen LogP contribution in [0.4, 0.5) is 11.5 Å². The number of nitro groups is 1. The second-order valence-electron chi connectivity index (χ2n) is 6.50. The van der Waals surface area contributed by atoms with E-state index in [1.54, 1.807) is 18.2 Å². The third-order valence-corrected chi connectivity index (χ3v) is 4.94. The van der Waals surface area contributed by atoms with Crippen LogP contribution in [-0.4, -0.2) is 69.4 Å². The molecule has 26 heavy (non-hydrogen) atoms. The quantitative estimate of drug-likeness (QED) is 0.607. The summed E-state index contributed by atoms with van der Waals surface area (Å²) in [6, 6.07) is 5.23. The van der Waals surface area contributed by atoms with Gasteiger partial charge in [-0.25, -0.2) is 4.98 Å². The monoisotopic (exact) mass is 360 g/mol. The first-order chi connectivity index (χ1) is 12.5. The summed E-state index contributed by atoms with van der Waals surface area (Å²) in [5.41, 5.74) is -0.807. The smallest absolute Gasteiger partial charge is 0.363 e. The normalized spacial score (nSPS) is 17.3. The molecule has 1 atom stereocenters. The van der Waals surface area contributed by atoms with Crippen molar-refractivity contribution in [2.45, 2.75) is 19.9 Å². The number of hydrogen-bond acceptors (Lipinski definition) is 7. The van der Waals surface area contributed by atoms with Gasteiger partial charge in [-0.3, -0.25) is 24.2 Å². The number of piperazine rings is 1. The van der Waals surface area contributed by atoms with Crippen molar-refractivity contribution < 1.29 is 4.92 Å². The lowest BCUT2D eigenvalue weighted by Gasteiger charge is -2.37. The molecule has 0 amide bonds. The maximum absolute atomic E-state index is 12.4. The average molecular weight is 360 g/mol. The van der Waals surface area contributed by atoms with Crippen molar-refractivity contribution in [1.29, 1.82) is 0 Å². The van der Waals surface area contributed by atoms with Gasteiger partial charge in [0.2, 0.25) is 5.82 Å². The van der Waals surface area contributed by atoms with Gasteiger partial charge in [0.15, 0.2) is 0 Å². The Kier molecular flexibility index (Phi) is 5.48. The molecule has 0 aliphatic carbocycles. The third kappa shape index (κ3) is 3.68. The van der Waals surface area contributed by atoms with E-state index < -0.39 is 16.2 Å². The first kappa shape index (κ1) is 18.3. The van der Waals surface area contributed by atoms with E-state index in [0.29, 0.717) is 12.2 Å². The molecular formula is C17H24N6O3. The van der Waals surface area contributed by atoms with Crippen LogP contribution in [-0.2, 0) is 0 Å². The average Bonchev–Trinajstić information content (AvgIpc) is 2.66. The molecule has 9 nitrogen and oxygen atoms in total. The summed E-state index contributed by atoms with van der Waals surface area (Å²) in [5.74, 6) is 0.0326. The van der Waals surface area contributed by atoms with Crippen molar-refractivity contribution in [2.24, 2.45) is 0 Å². The lowest BCUT2D eigenvalue weighted by atomic mass is 10.2. The number of fused-ring (bicyclic) bond motifs is 1. The predicted octanol–water partition coefficient (Wildman–Crippen LogP) is 1.04. The van der Waals surface area contributed by atoms with E-state index in [9.17, 15) is 14.9 Å². The number of likely N-dealkylation sites (N-methyl/N-ethyl adjacent to an activating group) is 1. The largest absolute Gasteiger partial charge is 0.376 e. The van der Waals surface area contributed by atoms with Gasteiger partial charge < -0.3 is 10.2 Å². The summed E-state index contributed by atoms with van der Waals surface area (Å²) >= 11 is 0. The molecule has 0 saturated carbocycles. The second kappa shape index (κ2) is 7.79. The lowest BCUT2D eigenvalue weighted by molar-refractivity contribution is -0.385. The fraction of sp³-hybridized carbons (Fsp3) is 0.529. The number of aromatic nitrogens is 2. The van der Waals surface area contributed by atoms with Crippen LogP contribution in [0.5, 0.6) is 0 Å². The zero-order valence-electron chi connectivity index (χ0n) is 15.1. The van der Waals surface area contributed by atoms with Crippen molar-refractivity contribution in [3.8, 4) is 0 Å². The second-order valence-corrected chi connectivity index (χ2v) is 6.50. The van der Waals surface area contributed by atoms with Gasteiger partial charge >= 0.3 is 11.2 Å². The molecule has 1 unspecified atom stereocenters. The molecular weight excluding hydrogens is 336 g/mol. The number of hydrogen-bond donors (Lipinski definition) is 1. The molecule has 0 bridgehead atoms. The van der Waals surface area contributed by atoms with Gasteiger partial charge in [0.05, 0.1) is 4.92 Å². The highest BCUT2D eigenvalue weighted by molar-refractivity contribution is 5.59. The maximum atomic E-state index is 12.4. The van der Waals surface area contributed by atoms with Gasteiger partial charge in [-0.15, -0.1) is 0 Å². The van der Waals surface area contributed by atoms with Crippen molar-refractivity contribution >= 4 is 17.2 Å². The highest BCUT2D eigenvalue weighted by atomic mass is 16.6. The predicted molar refractivity (Wildman–Crippen MR) is 99.8 cm³/mol. The van der Waals surface area contributed by atoms with Crippen LogP contribution in [0.25, 0.3) is 5.65 Å². The van der Waals surface area contributed by atoms with Crippen LogP contribution in [0.2, 0.25) is 0 Å². The minimum atomic E-state index is -0.674. The molecule has 3 heterocycles. The molecule has 0 spiro atoms. The summed E-state index contributed by atoms with van der Waals surface area (Å²) < 4.78 is 1.19. The summed E-state index contributed by atoms with van der Waals surface area (Å²) in [7, 11) is 0. The minimum Gasteiger partial charge on any atom is -0.363 e. The summed E-state index contributed by atoms with van der Waals surface area (Å²) in [5, 5.41) is 14.4. The molecule has 1 saturated heterocycles. The summed E-state index contributed by atoms with van der Waals surface area (Å²) in [6.07, 6.45) is 1.48. The standard InChI is InChI=1S/C17H24N6O3/c1-3-20-8-10-21(11-9-20)13(2)12-18-16-15(23(25)26)17(24)22-7-5-4-6-14(22)19-16/h4-7,13,18H,3,8-12H2,1-2H3. The molecule has 1 aliphatic heterocycles. The van der Waals surface area contributed by atoms with Gasteiger partial charge in [0.25, 0.3) is 0 Å². The van der Waals surface area contributed by atoms with Crippen LogP contribution in [0.3, 0.4) is 0 Å². The SMILES string of the molecule is CCN1CCN(C(C)CNc2nc3ccccn3c(=O)c2[N+](=O)[O-])CC1. The molecule has 2 aromatic heterocycles. The Morgan fingerprint density at radius 3 is 2.69 bits per heavy atom. The van der Waals surface area contributed by atoms with Gasteiger partial charge in [-0.1, -0.05) is 13.0 Å². The Labute approximate surface area is 151 Å². The van der Waals surface area contributed by atoms with Crippen molar-refractivity contribution in [2.75, 3.05) is 44.6 Å². The number of anilines is 1. The molecule has 140 valence electrons. The van der Waals surface area contributed by atoms with Crippen LogP contribution in [0.1, 0.15) is 13.8 Å². The molecule has 9 heteroatoms. The highest BCUT2D eigenvalue weighted by Gasteiger charge is 2.25. The highest BCUT2D eigenvalue weighted by Crippen LogP contribution is 2.18. The topological polar surface area (TPSA) is 96.0 Å². The van der Waals surface area contributed by atoms with Crippen molar-refractivity contribution in [1.82, 2.24) is 19.2 Å². The first-order valence-corrected chi connectivity index (χ1v) is 8.87. The Morgan fingerprint density at radius 2 is 2.04 bits per heavy atom. The molecule has 0 radical (unpaired) electrons. The number of rotatable bonds is 6. The van der Waals surface area contributed by atoms with E-state index in [0.717, 1.165) is 32.7 Å². The van der Waals surface area contributed by atoms with Gasteiger partial charge in [-0.05, 0) is 25.6 Å². The van der Waals surface area contributed by atoms with Gasteiger partial charge in [0.1, 0.15) is 5.65 Å². The van der Waals surface area contributed by atoms with E-state index in [1.807, 2.05) is 0 Å². The molecule has 1 aliphatic rings. The molecule has 3 rings (SSSR count). The zero-order valence-corrected chi connectivity index (χ0v) is 15.1. The van der Waals surface area contributed by atoms with Crippen molar-refractivity contribution in [3.05, 3.63) is 44.9 Å². The fourth-order valence-electron chi connectivity index (χ4n) is 3.26. The van der Waals surface area contributed by atoms with Crippen LogP contribution in [0.15, 0.2) is 29.2 Å². The van der Waals surface area contributed by atoms with Crippen LogP contribution >= 0.6 is 0 Å². The minimum absolute atomic E-state index is 0.0326. The Bertz CT molecular complexity index is 844. The third-order valence-electron chi connectivity index (χ3n) is 4.94. The van der Waals surface area contributed by atoms with Crippen LogP contribution in [0, 0.1) is 10.1 Å². The molecule has 1 fully saturated rings. The Morgan fingerprint density at radius 1 is 1.31 bits per heavy atom. The van der Waals surface area contributed by atoms with Crippen molar-refractivity contribution in [3.63, 3.8) is 0 Å². The fourth-order valence-corrected chi connectivity index (χ4v) is 3.26. The number of nitrogens with zero attached hydrogens (tertiary/aromatic N) is 5. The van der Waals surface area contributed by atoms with Gasteiger partial charge in [-0.2, -0.15) is 0 Å². The van der Waals surface area contributed by atoms with E-state index in [2.05, 4.69) is 33.9 Å². The van der Waals surface area contributed by atoms with E-state index in [-0.39, 0.29) is 11.9 Å². The zero-order chi connectivity index (χ0) is 18.7. The summed E-state index contributed by atoms with van der Waals surface area (Å²) in [4.78, 5) is 32.2. The molecule has 1 N–H and O–H groups in total. The van der Waals surface area contributed by atoms with Gasteiger partial charge in [0, 0.05) is 45.0 Å². The Hall–Kier alpha value is -2.52. The van der Waals surface area contributed by atoms with Crippen LogP contribution < -0.4 is 10.9 Å². The number of pyridine rings is 1. The molecule has 2 aromatic rings. The number of nitrogens with one attached hydrogen (secondary N) is 1. The van der Waals surface area contributed by atoms with E-state index in [1.165, 1.54) is 10.6 Å². The lowest BCUT2D eigenvalue weighted by Crippen LogP contribution is -2.51. The summed E-state index contributed by atoms with van der Waals surface area (Å²) in [6.45, 7) is 9.75. The van der Waals surface area contributed by atoms with E-state index >= 15 is 0 Å². The molecule has 0 aromatic carbocycles. The first-order valence-electron chi connectivity index (χ1n) is 8.87.